The number of aryl methyl sites for hydroxylation is 1. The third-order valence-electron chi connectivity index (χ3n) is 4.24. The van der Waals surface area contributed by atoms with Crippen molar-refractivity contribution in [2.24, 2.45) is 0 Å². The van der Waals surface area contributed by atoms with Crippen LogP contribution in [0.1, 0.15) is 22.2 Å². The minimum atomic E-state index is -3.85. The van der Waals surface area contributed by atoms with Gasteiger partial charge in [0.25, 0.3) is 0 Å². The number of hydrogen-bond donors (Lipinski definition) is 2. The summed E-state index contributed by atoms with van der Waals surface area (Å²) in [4.78, 5) is 4.37. The van der Waals surface area contributed by atoms with Gasteiger partial charge in [-0.25, -0.2) is 18.1 Å². The number of rotatable bonds is 9. The van der Waals surface area contributed by atoms with Crippen LogP contribution < -0.4 is 4.72 Å². The Morgan fingerprint density at radius 2 is 1.86 bits per heavy atom. The van der Waals surface area contributed by atoms with E-state index in [2.05, 4.69) is 25.6 Å². The van der Waals surface area contributed by atoms with Gasteiger partial charge in [-0.1, -0.05) is 45.8 Å². The standard InChI is InChI=1S/C20H21BrN2O4S2/c1-14-2-4-15(5-3-14)13-27-19(20-22-10-11-28-20)18(12-24)23-29(25,26)17-8-6-16(21)7-9-17/h2-11,18-19,23-24H,12-13H2,1H3. The smallest absolute Gasteiger partial charge is 0.240 e. The van der Waals surface area contributed by atoms with E-state index in [0.717, 1.165) is 15.6 Å². The molecular weight excluding hydrogens is 476 g/mol. The number of benzene rings is 2. The molecule has 6 nitrogen and oxygen atoms in total. The molecule has 154 valence electrons. The maximum Gasteiger partial charge on any atom is 0.240 e. The molecule has 0 saturated heterocycles. The first kappa shape index (κ1) is 22.1. The van der Waals surface area contributed by atoms with Crippen molar-refractivity contribution in [3.05, 3.63) is 80.7 Å². The van der Waals surface area contributed by atoms with Crippen LogP contribution in [0.25, 0.3) is 0 Å². The molecule has 29 heavy (non-hydrogen) atoms. The number of thiazole rings is 1. The van der Waals surface area contributed by atoms with Gasteiger partial charge in [0.2, 0.25) is 10.0 Å². The Hall–Kier alpha value is -1.62. The van der Waals surface area contributed by atoms with Crippen LogP contribution in [-0.2, 0) is 21.4 Å². The highest BCUT2D eigenvalue weighted by Crippen LogP contribution is 2.26. The Kier molecular flexibility index (Phi) is 7.55. The summed E-state index contributed by atoms with van der Waals surface area (Å²) in [7, 11) is -3.85. The Morgan fingerprint density at radius 3 is 2.45 bits per heavy atom. The lowest BCUT2D eigenvalue weighted by Gasteiger charge is -2.25. The second-order valence-corrected chi connectivity index (χ2v) is 10.0. The third-order valence-corrected chi connectivity index (χ3v) is 7.11. The maximum absolute atomic E-state index is 12.8. The molecular formula is C20H21BrN2O4S2. The average Bonchev–Trinajstić information content (AvgIpc) is 3.23. The van der Waals surface area contributed by atoms with Gasteiger partial charge in [0.15, 0.2) is 0 Å². The number of aliphatic hydroxyl groups is 1. The van der Waals surface area contributed by atoms with E-state index >= 15 is 0 Å². The van der Waals surface area contributed by atoms with Crippen molar-refractivity contribution >= 4 is 37.3 Å². The Labute approximate surface area is 182 Å². The van der Waals surface area contributed by atoms with E-state index in [0.29, 0.717) is 5.01 Å². The molecule has 0 saturated carbocycles. The van der Waals surface area contributed by atoms with Crippen LogP contribution in [0.3, 0.4) is 0 Å². The molecule has 2 aromatic carbocycles. The number of sulfonamides is 1. The second-order valence-electron chi connectivity index (χ2n) is 6.45. The number of ether oxygens (including phenoxy) is 1. The van der Waals surface area contributed by atoms with Crippen LogP contribution in [0.2, 0.25) is 0 Å². The van der Waals surface area contributed by atoms with Crippen LogP contribution in [0.4, 0.5) is 0 Å². The van der Waals surface area contributed by atoms with E-state index in [9.17, 15) is 13.5 Å². The zero-order valence-electron chi connectivity index (χ0n) is 15.7. The minimum absolute atomic E-state index is 0.107. The second kappa shape index (κ2) is 9.92. The van der Waals surface area contributed by atoms with Crippen molar-refractivity contribution in [2.45, 2.75) is 30.6 Å². The normalized spacial score (nSPS) is 13.9. The molecule has 2 N–H and O–H groups in total. The van der Waals surface area contributed by atoms with Crippen molar-refractivity contribution in [2.75, 3.05) is 6.61 Å². The van der Waals surface area contributed by atoms with Gasteiger partial charge < -0.3 is 9.84 Å². The van der Waals surface area contributed by atoms with E-state index in [4.69, 9.17) is 4.74 Å². The summed E-state index contributed by atoms with van der Waals surface area (Å²) < 4.78 is 34.9. The number of halogens is 1. The monoisotopic (exact) mass is 496 g/mol. The predicted octanol–water partition coefficient (Wildman–Crippen LogP) is 3.81. The lowest BCUT2D eigenvalue weighted by Crippen LogP contribution is -2.42. The highest BCUT2D eigenvalue weighted by atomic mass is 79.9. The van der Waals surface area contributed by atoms with E-state index in [1.165, 1.54) is 23.5 Å². The summed E-state index contributed by atoms with van der Waals surface area (Å²) in [5.74, 6) is 0. The molecule has 0 fully saturated rings. The van der Waals surface area contributed by atoms with E-state index in [-0.39, 0.29) is 11.5 Å². The maximum atomic E-state index is 12.8. The zero-order chi connectivity index (χ0) is 20.9. The Balaban J connectivity index is 1.81. The van der Waals surface area contributed by atoms with Gasteiger partial charge in [0.05, 0.1) is 24.2 Å². The number of nitrogens with zero attached hydrogens (tertiary/aromatic N) is 1. The van der Waals surface area contributed by atoms with Crippen molar-refractivity contribution in [3.8, 4) is 0 Å². The first-order valence-corrected chi connectivity index (χ1v) is 12.0. The van der Waals surface area contributed by atoms with Gasteiger partial charge in [-0.3, -0.25) is 0 Å². The van der Waals surface area contributed by atoms with Gasteiger partial charge in [-0.2, -0.15) is 0 Å². The average molecular weight is 497 g/mol. The molecule has 0 amide bonds. The fourth-order valence-electron chi connectivity index (χ4n) is 2.68. The summed E-state index contributed by atoms with van der Waals surface area (Å²) >= 11 is 4.64. The fourth-order valence-corrected chi connectivity index (χ4v) is 4.92. The molecule has 3 rings (SSSR count). The topological polar surface area (TPSA) is 88.5 Å². The number of hydrogen-bond acceptors (Lipinski definition) is 6. The molecule has 1 aromatic heterocycles. The quantitative estimate of drug-likeness (QED) is 0.470. The summed E-state index contributed by atoms with van der Waals surface area (Å²) in [6.07, 6.45) is 0.895. The van der Waals surface area contributed by atoms with Gasteiger partial charge in [-0.15, -0.1) is 11.3 Å². The summed E-state index contributed by atoms with van der Waals surface area (Å²) in [6, 6.07) is 13.3. The van der Waals surface area contributed by atoms with Gasteiger partial charge in [0.1, 0.15) is 11.1 Å². The number of aliphatic hydroxyl groups excluding tert-OH is 1. The summed E-state index contributed by atoms with van der Waals surface area (Å²) in [5, 5.41) is 12.3. The molecule has 0 aliphatic heterocycles. The third kappa shape index (κ3) is 5.94. The molecule has 0 spiro atoms. The number of nitrogens with one attached hydrogen (secondary N) is 1. The van der Waals surface area contributed by atoms with Crippen LogP contribution in [0.15, 0.2) is 69.5 Å². The SMILES string of the molecule is Cc1ccc(COC(c2nccs2)C(CO)NS(=O)(=O)c2ccc(Br)cc2)cc1. The van der Waals surface area contributed by atoms with E-state index < -0.39 is 28.8 Å². The summed E-state index contributed by atoms with van der Waals surface area (Å²) in [5.41, 5.74) is 2.09. The summed E-state index contributed by atoms with van der Waals surface area (Å²) in [6.45, 7) is 1.83. The van der Waals surface area contributed by atoms with Crippen LogP contribution >= 0.6 is 27.3 Å². The zero-order valence-corrected chi connectivity index (χ0v) is 18.9. The lowest BCUT2D eigenvalue weighted by atomic mass is 10.1. The molecule has 2 atom stereocenters. The molecule has 0 bridgehead atoms. The van der Waals surface area contributed by atoms with Crippen molar-refractivity contribution in [1.29, 1.82) is 0 Å². The fraction of sp³-hybridized carbons (Fsp3) is 0.250. The molecule has 1 heterocycles. The first-order valence-electron chi connectivity index (χ1n) is 8.84. The molecule has 0 radical (unpaired) electrons. The van der Waals surface area contributed by atoms with Crippen molar-refractivity contribution < 1.29 is 18.3 Å². The molecule has 0 aliphatic rings. The first-order chi connectivity index (χ1) is 13.9. The highest BCUT2D eigenvalue weighted by molar-refractivity contribution is 9.10. The van der Waals surface area contributed by atoms with Crippen LogP contribution in [0.5, 0.6) is 0 Å². The van der Waals surface area contributed by atoms with Crippen molar-refractivity contribution in [1.82, 2.24) is 9.71 Å². The number of aromatic nitrogens is 1. The van der Waals surface area contributed by atoms with E-state index in [1.54, 1.807) is 23.7 Å². The van der Waals surface area contributed by atoms with Gasteiger partial charge in [0, 0.05) is 16.0 Å². The minimum Gasteiger partial charge on any atom is -0.395 e. The molecule has 0 aliphatic carbocycles. The van der Waals surface area contributed by atoms with Gasteiger partial charge in [-0.05, 0) is 36.8 Å². The van der Waals surface area contributed by atoms with Gasteiger partial charge >= 0.3 is 0 Å². The Bertz CT molecular complexity index is 1010. The lowest BCUT2D eigenvalue weighted by molar-refractivity contribution is 0.00434. The predicted molar refractivity (Wildman–Crippen MR) is 116 cm³/mol. The van der Waals surface area contributed by atoms with Crippen LogP contribution in [-0.4, -0.2) is 31.2 Å². The molecule has 2 unspecified atom stereocenters. The van der Waals surface area contributed by atoms with Crippen LogP contribution in [0, 0.1) is 6.92 Å². The highest BCUT2D eigenvalue weighted by Gasteiger charge is 2.30. The Morgan fingerprint density at radius 1 is 1.17 bits per heavy atom. The van der Waals surface area contributed by atoms with E-state index in [1.807, 2.05) is 31.2 Å². The largest absolute Gasteiger partial charge is 0.395 e. The molecule has 3 aromatic rings. The van der Waals surface area contributed by atoms with Crippen molar-refractivity contribution in [3.63, 3.8) is 0 Å². The molecule has 9 heteroatoms.